The molecule has 0 N–H and O–H groups in total. The van der Waals surface area contributed by atoms with Gasteiger partial charge in [0.1, 0.15) is 23.8 Å². The predicted molar refractivity (Wildman–Crippen MR) is 114 cm³/mol. The Balaban J connectivity index is 1.36. The number of fused-ring (bicyclic) bond motifs is 1. The lowest BCUT2D eigenvalue weighted by atomic mass is 10.1. The summed E-state index contributed by atoms with van der Waals surface area (Å²) < 4.78 is 25.3. The minimum absolute atomic E-state index is 0.00595. The molecule has 0 radical (unpaired) electrons. The van der Waals surface area contributed by atoms with Crippen LogP contribution in [0, 0.1) is 6.92 Å². The molecule has 6 nitrogen and oxygen atoms in total. The Morgan fingerprint density at radius 2 is 2.03 bits per heavy atom. The maximum Gasteiger partial charge on any atom is 0.237 e. The second-order valence-electron chi connectivity index (χ2n) is 8.47. The summed E-state index contributed by atoms with van der Waals surface area (Å²) in [5, 5.41) is 0.946. The van der Waals surface area contributed by atoms with Gasteiger partial charge in [0.15, 0.2) is 0 Å². The number of benzene rings is 1. The number of methoxy groups -OCH3 is 1. The van der Waals surface area contributed by atoms with Crippen LogP contribution in [0.2, 0.25) is 0 Å². The van der Waals surface area contributed by atoms with Gasteiger partial charge in [0.05, 0.1) is 25.7 Å². The number of hydrogen-bond donors (Lipinski definition) is 0. The van der Waals surface area contributed by atoms with E-state index in [0.717, 1.165) is 54.0 Å². The fraction of sp³-hybridized carbons (Fsp3) is 0.565. The molecule has 162 valence electrons. The number of rotatable bonds is 5. The zero-order valence-electron chi connectivity index (χ0n) is 17.9. The molecule has 2 atom stereocenters. The molecule has 0 aliphatic carbocycles. The minimum Gasteiger partial charge on any atom is -0.497 e. The summed E-state index contributed by atoms with van der Waals surface area (Å²) in [5.74, 6) is 1.63. The summed E-state index contributed by atoms with van der Waals surface area (Å²) in [6.45, 7) is 6.07. The second kappa shape index (κ2) is 8.76. The predicted octanol–water partition coefficient (Wildman–Crippen LogP) is 3.35. The van der Waals surface area contributed by atoms with Crippen molar-refractivity contribution in [3.05, 3.63) is 30.0 Å². The number of ether oxygens (including phenoxy) is 2. The van der Waals surface area contributed by atoms with Gasteiger partial charge in [-0.2, -0.15) is 0 Å². The number of halogens is 1. The molecular formula is C23H30FN3O3. The number of piperidine rings is 1. The number of pyridine rings is 1. The summed E-state index contributed by atoms with van der Waals surface area (Å²) in [6, 6.07) is 7.78. The van der Waals surface area contributed by atoms with E-state index in [0.29, 0.717) is 13.0 Å². The molecule has 1 aromatic carbocycles. The summed E-state index contributed by atoms with van der Waals surface area (Å²) in [4.78, 5) is 21.0. The first-order valence-corrected chi connectivity index (χ1v) is 10.7. The molecule has 2 aromatic rings. The number of amides is 1. The van der Waals surface area contributed by atoms with E-state index >= 15 is 0 Å². The quantitative estimate of drug-likeness (QED) is 0.750. The summed E-state index contributed by atoms with van der Waals surface area (Å²) >= 11 is 0. The van der Waals surface area contributed by atoms with Gasteiger partial charge >= 0.3 is 0 Å². The van der Waals surface area contributed by atoms with Crippen LogP contribution >= 0.6 is 0 Å². The van der Waals surface area contributed by atoms with Crippen LogP contribution in [0.5, 0.6) is 11.5 Å². The molecule has 30 heavy (non-hydrogen) atoms. The Kier molecular flexibility index (Phi) is 6.09. The van der Waals surface area contributed by atoms with E-state index in [4.69, 9.17) is 9.47 Å². The third-order valence-electron chi connectivity index (χ3n) is 6.14. The SMILES string of the molecule is COc1ccc2nc(C)cc(OC3CCN(CC(=O)N4C[C@@H](F)C[C@H]4C)CC3)c2c1. The molecule has 2 fully saturated rings. The maximum absolute atomic E-state index is 13.6. The van der Waals surface area contributed by atoms with Crippen molar-refractivity contribution < 1.29 is 18.7 Å². The number of likely N-dealkylation sites (tertiary alicyclic amines) is 2. The average molecular weight is 416 g/mol. The van der Waals surface area contributed by atoms with Crippen molar-refractivity contribution in [1.82, 2.24) is 14.8 Å². The lowest BCUT2D eigenvalue weighted by Crippen LogP contribution is -2.46. The Labute approximate surface area is 177 Å². The average Bonchev–Trinajstić information content (AvgIpc) is 3.07. The zero-order chi connectivity index (χ0) is 21.3. The number of aromatic nitrogens is 1. The van der Waals surface area contributed by atoms with E-state index in [1.54, 1.807) is 12.0 Å². The maximum atomic E-state index is 13.6. The summed E-state index contributed by atoms with van der Waals surface area (Å²) in [5.41, 5.74) is 1.80. The summed E-state index contributed by atoms with van der Waals surface area (Å²) in [7, 11) is 1.65. The molecule has 4 rings (SSSR count). The van der Waals surface area contributed by atoms with Crippen molar-refractivity contribution in [3.8, 4) is 11.5 Å². The molecule has 7 heteroatoms. The van der Waals surface area contributed by atoms with Gasteiger partial charge in [-0.25, -0.2) is 4.39 Å². The highest BCUT2D eigenvalue weighted by Gasteiger charge is 2.33. The van der Waals surface area contributed by atoms with Gasteiger partial charge in [-0.15, -0.1) is 0 Å². The van der Waals surface area contributed by atoms with Gasteiger partial charge in [0.25, 0.3) is 0 Å². The van der Waals surface area contributed by atoms with Crippen molar-refractivity contribution >= 4 is 16.8 Å². The van der Waals surface area contributed by atoms with Gasteiger partial charge in [-0.05, 0) is 44.9 Å². The third-order valence-corrected chi connectivity index (χ3v) is 6.14. The first kappa shape index (κ1) is 20.8. The number of carbonyl (C=O) groups is 1. The topological polar surface area (TPSA) is 54.9 Å². The van der Waals surface area contributed by atoms with E-state index in [1.807, 2.05) is 38.1 Å². The smallest absolute Gasteiger partial charge is 0.237 e. The van der Waals surface area contributed by atoms with E-state index < -0.39 is 6.17 Å². The standard InChI is InChI=1S/C23H30FN3O3/c1-15-10-22(20-12-19(29-3)4-5-21(20)25-15)30-18-6-8-26(9-7-18)14-23(28)27-13-17(24)11-16(27)2/h4-5,10,12,16-18H,6-9,11,13-14H2,1-3H3/t16-,17+/m1/s1. The molecule has 2 aliphatic heterocycles. The number of carbonyl (C=O) groups excluding carboxylic acids is 1. The van der Waals surface area contributed by atoms with Crippen LogP contribution in [0.15, 0.2) is 24.3 Å². The molecule has 1 amide bonds. The van der Waals surface area contributed by atoms with Crippen LogP contribution in [0.1, 0.15) is 31.9 Å². The van der Waals surface area contributed by atoms with Crippen molar-refractivity contribution in [1.29, 1.82) is 0 Å². The van der Waals surface area contributed by atoms with Crippen LogP contribution in [0.4, 0.5) is 4.39 Å². The van der Waals surface area contributed by atoms with Gasteiger partial charge in [0, 0.05) is 42.7 Å². The Bertz CT molecular complexity index is 914. The molecule has 2 saturated heterocycles. The normalized spacial score (nSPS) is 23.1. The Morgan fingerprint density at radius 1 is 1.27 bits per heavy atom. The highest BCUT2D eigenvalue weighted by atomic mass is 19.1. The van der Waals surface area contributed by atoms with Crippen LogP contribution in [0.3, 0.4) is 0 Å². The van der Waals surface area contributed by atoms with Gasteiger partial charge in [0.2, 0.25) is 5.91 Å². The van der Waals surface area contributed by atoms with Crippen molar-refractivity contribution in [2.75, 3.05) is 33.3 Å². The molecule has 1 aromatic heterocycles. The Morgan fingerprint density at radius 3 is 2.70 bits per heavy atom. The number of nitrogens with zero attached hydrogens (tertiary/aromatic N) is 3. The summed E-state index contributed by atoms with van der Waals surface area (Å²) in [6.07, 6.45) is 1.35. The van der Waals surface area contributed by atoms with E-state index in [9.17, 15) is 9.18 Å². The van der Waals surface area contributed by atoms with Crippen LogP contribution in [-0.4, -0.2) is 72.3 Å². The highest BCUT2D eigenvalue weighted by molar-refractivity contribution is 5.86. The molecule has 3 heterocycles. The zero-order valence-corrected chi connectivity index (χ0v) is 17.9. The van der Waals surface area contributed by atoms with E-state index in [1.165, 1.54) is 0 Å². The van der Waals surface area contributed by atoms with E-state index in [2.05, 4.69) is 9.88 Å². The molecule has 0 spiro atoms. The fourth-order valence-electron chi connectivity index (χ4n) is 4.48. The van der Waals surface area contributed by atoms with Gasteiger partial charge in [-0.3, -0.25) is 14.7 Å². The van der Waals surface area contributed by atoms with Crippen molar-refractivity contribution in [3.63, 3.8) is 0 Å². The molecule has 0 bridgehead atoms. The molecule has 2 aliphatic rings. The molecule has 0 saturated carbocycles. The number of aryl methyl sites for hydroxylation is 1. The lowest BCUT2D eigenvalue weighted by Gasteiger charge is -2.33. The third kappa shape index (κ3) is 4.51. The van der Waals surface area contributed by atoms with Crippen LogP contribution in [0.25, 0.3) is 10.9 Å². The Hall–Kier alpha value is -2.41. The lowest BCUT2D eigenvalue weighted by molar-refractivity contribution is -0.133. The minimum atomic E-state index is -0.889. The molecule has 0 unspecified atom stereocenters. The van der Waals surface area contributed by atoms with Crippen LogP contribution < -0.4 is 9.47 Å². The van der Waals surface area contributed by atoms with Crippen molar-refractivity contribution in [2.24, 2.45) is 0 Å². The largest absolute Gasteiger partial charge is 0.497 e. The van der Waals surface area contributed by atoms with Gasteiger partial charge in [-0.1, -0.05) is 0 Å². The van der Waals surface area contributed by atoms with Crippen molar-refractivity contribution in [2.45, 2.75) is 51.4 Å². The van der Waals surface area contributed by atoms with Gasteiger partial charge < -0.3 is 14.4 Å². The number of alkyl halides is 1. The first-order chi connectivity index (χ1) is 14.4. The van der Waals surface area contributed by atoms with Crippen LogP contribution in [-0.2, 0) is 4.79 Å². The monoisotopic (exact) mass is 415 g/mol. The fourth-order valence-corrected chi connectivity index (χ4v) is 4.48. The second-order valence-corrected chi connectivity index (χ2v) is 8.47. The number of hydrogen-bond acceptors (Lipinski definition) is 5. The highest BCUT2D eigenvalue weighted by Crippen LogP contribution is 2.31. The van der Waals surface area contributed by atoms with E-state index in [-0.39, 0.29) is 24.6 Å². The molecular weight excluding hydrogens is 385 g/mol. The first-order valence-electron chi connectivity index (χ1n) is 10.7.